The molecule has 6 nitrogen and oxygen atoms in total. The average molecular weight is 410 g/mol. The van der Waals surface area contributed by atoms with Crippen molar-refractivity contribution in [2.24, 2.45) is 0 Å². The van der Waals surface area contributed by atoms with Crippen LogP contribution in [0.4, 0.5) is 0 Å². The average Bonchev–Trinajstić information content (AvgIpc) is 3.29. The molecule has 0 radical (unpaired) electrons. The van der Waals surface area contributed by atoms with Gasteiger partial charge in [-0.25, -0.2) is 4.68 Å². The summed E-state index contributed by atoms with van der Waals surface area (Å²) in [6.45, 7) is 0.634. The van der Waals surface area contributed by atoms with Crippen molar-refractivity contribution in [3.8, 4) is 16.9 Å². The summed E-state index contributed by atoms with van der Waals surface area (Å²) in [7, 11) is 0. The summed E-state index contributed by atoms with van der Waals surface area (Å²) in [5.74, 6) is -0.410. The molecule has 0 spiro atoms. The number of amides is 2. The zero-order valence-corrected chi connectivity index (χ0v) is 16.9. The molecule has 1 aromatic heterocycles. The Morgan fingerprint density at radius 1 is 0.710 bits per heavy atom. The summed E-state index contributed by atoms with van der Waals surface area (Å²) < 4.78 is 1.70. The van der Waals surface area contributed by atoms with E-state index in [-0.39, 0.29) is 11.8 Å². The summed E-state index contributed by atoms with van der Waals surface area (Å²) in [5, 5.41) is 10.3. The van der Waals surface area contributed by atoms with E-state index < -0.39 is 0 Å². The Morgan fingerprint density at radius 3 is 1.90 bits per heavy atom. The van der Waals surface area contributed by atoms with Gasteiger partial charge in [0.25, 0.3) is 11.8 Å². The quantitative estimate of drug-likeness (QED) is 0.456. The van der Waals surface area contributed by atoms with E-state index >= 15 is 0 Å². The molecule has 0 aliphatic rings. The van der Waals surface area contributed by atoms with Gasteiger partial charge < -0.3 is 10.6 Å². The van der Waals surface area contributed by atoms with Crippen LogP contribution in [0.15, 0.2) is 97.2 Å². The monoisotopic (exact) mass is 410 g/mol. The second kappa shape index (κ2) is 9.54. The molecule has 4 rings (SSSR count). The van der Waals surface area contributed by atoms with E-state index in [0.717, 1.165) is 11.3 Å². The molecule has 2 amide bonds. The van der Waals surface area contributed by atoms with Gasteiger partial charge in [0.2, 0.25) is 0 Å². The zero-order chi connectivity index (χ0) is 21.5. The van der Waals surface area contributed by atoms with Gasteiger partial charge in [0, 0.05) is 30.4 Å². The fourth-order valence-electron chi connectivity index (χ4n) is 3.20. The molecule has 1 heterocycles. The molecule has 0 unspecified atom stereocenters. The number of rotatable bonds is 7. The Kier molecular flexibility index (Phi) is 6.18. The topological polar surface area (TPSA) is 76.0 Å². The highest BCUT2D eigenvalue weighted by Gasteiger charge is 2.18. The Balaban J connectivity index is 1.46. The van der Waals surface area contributed by atoms with E-state index in [9.17, 15) is 9.59 Å². The number of para-hydroxylation sites is 1. The first-order valence-electron chi connectivity index (χ1n) is 10.0. The number of hydrogen-bond acceptors (Lipinski definition) is 3. The van der Waals surface area contributed by atoms with E-state index in [2.05, 4.69) is 15.7 Å². The second-order valence-electron chi connectivity index (χ2n) is 6.92. The van der Waals surface area contributed by atoms with Crippen molar-refractivity contribution >= 4 is 11.8 Å². The van der Waals surface area contributed by atoms with Gasteiger partial charge in [-0.3, -0.25) is 9.59 Å². The van der Waals surface area contributed by atoms with Gasteiger partial charge in [-0.15, -0.1) is 0 Å². The molecule has 0 fully saturated rings. The lowest BCUT2D eigenvalue weighted by atomic mass is 10.1. The summed E-state index contributed by atoms with van der Waals surface area (Å²) in [5.41, 5.74) is 3.40. The van der Waals surface area contributed by atoms with Crippen molar-refractivity contribution in [1.82, 2.24) is 20.4 Å². The lowest BCUT2D eigenvalue weighted by Crippen LogP contribution is -2.34. The highest BCUT2D eigenvalue weighted by atomic mass is 16.2. The summed E-state index contributed by atoms with van der Waals surface area (Å²) in [6, 6.07) is 28.2. The molecule has 0 bridgehead atoms. The first kappa shape index (κ1) is 20.1. The minimum atomic E-state index is -0.241. The van der Waals surface area contributed by atoms with Crippen molar-refractivity contribution in [1.29, 1.82) is 0 Å². The number of carbonyl (C=O) groups is 2. The van der Waals surface area contributed by atoms with E-state index in [1.54, 1.807) is 23.0 Å². The predicted octanol–water partition coefficient (Wildman–Crippen LogP) is 3.70. The van der Waals surface area contributed by atoms with Gasteiger partial charge in [0.05, 0.1) is 11.3 Å². The zero-order valence-electron chi connectivity index (χ0n) is 16.9. The first-order valence-corrected chi connectivity index (χ1v) is 10.0. The van der Waals surface area contributed by atoms with E-state index in [4.69, 9.17) is 0 Å². The molecule has 0 saturated carbocycles. The minimum absolute atomic E-state index is 0.170. The van der Waals surface area contributed by atoms with Crippen LogP contribution in [0.5, 0.6) is 0 Å². The molecule has 0 saturated heterocycles. The van der Waals surface area contributed by atoms with Gasteiger partial charge in [0.15, 0.2) is 0 Å². The summed E-state index contributed by atoms with van der Waals surface area (Å²) >= 11 is 0. The molecule has 0 aliphatic heterocycles. The molecule has 154 valence electrons. The number of aromatic nitrogens is 2. The number of hydrogen-bond donors (Lipinski definition) is 2. The van der Waals surface area contributed by atoms with Crippen LogP contribution in [0.3, 0.4) is 0 Å². The van der Waals surface area contributed by atoms with E-state index in [0.29, 0.717) is 29.9 Å². The van der Waals surface area contributed by atoms with Crippen LogP contribution in [0, 0.1) is 0 Å². The Bertz CT molecular complexity index is 1160. The van der Waals surface area contributed by atoms with Crippen LogP contribution in [0.1, 0.15) is 20.7 Å². The molecule has 3 aromatic carbocycles. The maximum absolute atomic E-state index is 12.9. The smallest absolute Gasteiger partial charge is 0.255 e. The fraction of sp³-hybridized carbons (Fsp3) is 0.0800. The highest BCUT2D eigenvalue weighted by molar-refractivity contribution is 6.00. The Hall–Kier alpha value is -4.19. The van der Waals surface area contributed by atoms with E-state index in [1.165, 1.54) is 0 Å². The molecule has 4 aromatic rings. The van der Waals surface area contributed by atoms with Crippen LogP contribution < -0.4 is 10.6 Å². The molecule has 0 aliphatic carbocycles. The lowest BCUT2D eigenvalue weighted by molar-refractivity contribution is 0.0928. The van der Waals surface area contributed by atoms with Gasteiger partial charge in [-0.1, -0.05) is 66.7 Å². The van der Waals surface area contributed by atoms with Gasteiger partial charge in [0.1, 0.15) is 5.69 Å². The van der Waals surface area contributed by atoms with Crippen molar-refractivity contribution in [2.45, 2.75) is 0 Å². The molecule has 31 heavy (non-hydrogen) atoms. The maximum atomic E-state index is 12.9. The summed E-state index contributed by atoms with van der Waals surface area (Å²) in [4.78, 5) is 25.0. The van der Waals surface area contributed by atoms with Gasteiger partial charge in [-0.2, -0.15) is 5.10 Å². The molecular formula is C25H22N4O2. The normalized spacial score (nSPS) is 10.5. The molecule has 0 atom stereocenters. The third-order valence-corrected chi connectivity index (χ3v) is 4.76. The van der Waals surface area contributed by atoms with Crippen LogP contribution in [0.25, 0.3) is 16.9 Å². The molecular weight excluding hydrogens is 388 g/mol. The third kappa shape index (κ3) is 4.87. The number of nitrogens with one attached hydrogen (secondary N) is 2. The number of benzene rings is 3. The third-order valence-electron chi connectivity index (χ3n) is 4.76. The predicted molar refractivity (Wildman–Crippen MR) is 120 cm³/mol. The number of carbonyl (C=O) groups excluding carboxylic acids is 2. The van der Waals surface area contributed by atoms with Gasteiger partial charge >= 0.3 is 0 Å². The maximum Gasteiger partial charge on any atom is 0.255 e. The fourth-order valence-corrected chi connectivity index (χ4v) is 3.20. The standard InChI is InChI=1S/C25H22N4O2/c30-24(20-12-6-2-7-13-20)26-16-17-27-25(31)22-18-29(21-14-8-3-9-15-21)28-23(22)19-10-4-1-5-11-19/h1-15,18H,16-17H2,(H,26,30)(H,27,31). The van der Waals surface area contributed by atoms with E-state index in [1.807, 2.05) is 78.9 Å². The first-order chi connectivity index (χ1) is 15.2. The van der Waals surface area contributed by atoms with Crippen LogP contribution >= 0.6 is 0 Å². The van der Waals surface area contributed by atoms with Crippen molar-refractivity contribution < 1.29 is 9.59 Å². The SMILES string of the molecule is O=C(NCCNC(=O)c1cn(-c2ccccc2)nc1-c1ccccc1)c1ccccc1. The van der Waals surface area contributed by atoms with Crippen molar-refractivity contribution in [3.05, 3.63) is 108 Å². The van der Waals surface area contributed by atoms with Crippen LogP contribution in [-0.4, -0.2) is 34.7 Å². The number of nitrogens with zero attached hydrogens (tertiary/aromatic N) is 2. The largest absolute Gasteiger partial charge is 0.350 e. The second-order valence-corrected chi connectivity index (χ2v) is 6.92. The van der Waals surface area contributed by atoms with Crippen molar-refractivity contribution in [3.63, 3.8) is 0 Å². The molecule has 6 heteroatoms. The van der Waals surface area contributed by atoms with Crippen molar-refractivity contribution in [2.75, 3.05) is 13.1 Å². The van der Waals surface area contributed by atoms with Gasteiger partial charge in [-0.05, 0) is 24.3 Å². The molecule has 2 N–H and O–H groups in total. The lowest BCUT2D eigenvalue weighted by Gasteiger charge is -2.07. The Labute approximate surface area is 180 Å². The van der Waals surface area contributed by atoms with Crippen LogP contribution in [-0.2, 0) is 0 Å². The minimum Gasteiger partial charge on any atom is -0.350 e. The highest BCUT2D eigenvalue weighted by Crippen LogP contribution is 2.23. The Morgan fingerprint density at radius 2 is 1.26 bits per heavy atom. The summed E-state index contributed by atoms with van der Waals surface area (Å²) in [6.07, 6.45) is 1.73. The van der Waals surface area contributed by atoms with Crippen LogP contribution in [0.2, 0.25) is 0 Å².